The van der Waals surface area contributed by atoms with Crippen molar-refractivity contribution in [2.24, 2.45) is 0 Å². The summed E-state index contributed by atoms with van der Waals surface area (Å²) in [6.07, 6.45) is 4.12. The smallest absolute Gasteiger partial charge is 0.269 e. The number of halogens is 1. The maximum Gasteiger partial charge on any atom is 0.269 e. The lowest BCUT2D eigenvalue weighted by Gasteiger charge is -2.32. The van der Waals surface area contributed by atoms with Crippen LogP contribution in [0.2, 0.25) is 0 Å². The van der Waals surface area contributed by atoms with Crippen molar-refractivity contribution in [3.8, 4) is 0 Å². The second-order valence-electron chi connectivity index (χ2n) is 10.8. The number of sulfonamides is 1. The van der Waals surface area contributed by atoms with Gasteiger partial charge in [0.05, 0.1) is 5.56 Å². The molecule has 8 nitrogen and oxygen atoms in total. The summed E-state index contributed by atoms with van der Waals surface area (Å²) in [6.45, 7) is -0.0926. The Bertz CT molecular complexity index is 1540. The highest BCUT2D eigenvalue weighted by Gasteiger charge is 2.40. The molecule has 2 aliphatic rings. The van der Waals surface area contributed by atoms with E-state index in [1.165, 1.54) is 29.2 Å². The number of fused-ring (bicyclic) bond motifs is 1. The van der Waals surface area contributed by atoms with Crippen molar-refractivity contribution in [2.45, 2.75) is 68.5 Å². The molecule has 1 N–H and O–H groups in total. The van der Waals surface area contributed by atoms with Crippen molar-refractivity contribution >= 4 is 27.7 Å². The minimum Gasteiger partial charge on any atom is -0.352 e. The van der Waals surface area contributed by atoms with Crippen LogP contribution in [0.25, 0.3) is 0 Å². The number of hydrogen-bond donors (Lipinski definition) is 1. The van der Waals surface area contributed by atoms with Crippen LogP contribution in [-0.2, 0) is 32.6 Å². The zero-order chi connectivity index (χ0) is 29.7. The predicted octanol–water partition coefficient (Wildman–Crippen LogP) is 4.45. The van der Waals surface area contributed by atoms with Gasteiger partial charge < -0.3 is 10.2 Å². The average molecular weight is 592 g/mol. The number of nitrogens with one attached hydrogen (secondary N) is 1. The molecule has 0 radical (unpaired) electrons. The van der Waals surface area contributed by atoms with Gasteiger partial charge in [0.25, 0.3) is 15.9 Å². The number of nitrogens with zero attached hydrogens (tertiary/aromatic N) is 2. The standard InChI is InChI=1S/C32H34FN3O5S/c33-25-18-16-24(17-19-25)22-35(28(21-23-9-2-1-3-10-23)31(38)34-26-11-4-5-12-26)30(37)15-8-20-36-32(39)27-13-6-7-14-29(27)42(36,40)41/h1-3,6-7,9-10,13-14,16-19,26,28H,4-5,8,11-12,15,20-22H2,(H,34,38)/t28-/m1/s1. The van der Waals surface area contributed by atoms with Crippen LogP contribution in [0.15, 0.2) is 83.8 Å². The first kappa shape index (κ1) is 29.4. The van der Waals surface area contributed by atoms with E-state index >= 15 is 0 Å². The zero-order valence-corrected chi connectivity index (χ0v) is 24.1. The van der Waals surface area contributed by atoms with Crippen LogP contribution < -0.4 is 5.32 Å². The van der Waals surface area contributed by atoms with Gasteiger partial charge in [-0.2, -0.15) is 0 Å². The molecule has 3 aromatic carbocycles. The Morgan fingerprint density at radius 2 is 1.60 bits per heavy atom. The van der Waals surface area contributed by atoms with Crippen molar-refractivity contribution in [1.29, 1.82) is 0 Å². The number of amides is 3. The summed E-state index contributed by atoms with van der Waals surface area (Å²) in [5, 5.41) is 3.13. The summed E-state index contributed by atoms with van der Waals surface area (Å²) < 4.78 is 40.4. The lowest BCUT2D eigenvalue weighted by molar-refractivity contribution is -0.141. The van der Waals surface area contributed by atoms with Crippen molar-refractivity contribution < 1.29 is 27.2 Å². The minimum atomic E-state index is -3.99. The quantitative estimate of drug-likeness (QED) is 0.355. The van der Waals surface area contributed by atoms with Gasteiger partial charge in [0.15, 0.2) is 0 Å². The third kappa shape index (κ3) is 6.54. The van der Waals surface area contributed by atoms with E-state index in [0.717, 1.165) is 35.6 Å². The second-order valence-corrected chi connectivity index (χ2v) is 12.7. The molecule has 0 aromatic heterocycles. The Labute approximate surface area is 245 Å². The summed E-state index contributed by atoms with van der Waals surface area (Å²) in [7, 11) is -3.99. The predicted molar refractivity (Wildman–Crippen MR) is 155 cm³/mol. The SMILES string of the molecule is O=C(NC1CCCC1)[C@@H](Cc1ccccc1)N(Cc1ccc(F)cc1)C(=O)CCCN1C(=O)c2ccccc2S1(=O)=O. The van der Waals surface area contributed by atoms with Crippen molar-refractivity contribution in [3.63, 3.8) is 0 Å². The topological polar surface area (TPSA) is 104 Å². The van der Waals surface area contributed by atoms with E-state index in [1.54, 1.807) is 24.3 Å². The fourth-order valence-corrected chi connectivity index (χ4v) is 7.29. The first-order valence-corrected chi connectivity index (χ1v) is 15.7. The summed E-state index contributed by atoms with van der Waals surface area (Å²) >= 11 is 0. The van der Waals surface area contributed by atoms with Gasteiger partial charge in [0.2, 0.25) is 11.8 Å². The van der Waals surface area contributed by atoms with Crippen molar-refractivity contribution in [2.75, 3.05) is 6.54 Å². The Morgan fingerprint density at radius 3 is 2.29 bits per heavy atom. The molecule has 42 heavy (non-hydrogen) atoms. The van der Waals surface area contributed by atoms with Crippen LogP contribution in [-0.4, -0.2) is 54.0 Å². The van der Waals surface area contributed by atoms with Crippen LogP contribution >= 0.6 is 0 Å². The molecule has 0 spiro atoms. The summed E-state index contributed by atoms with van der Waals surface area (Å²) in [5.74, 6) is -1.63. The highest BCUT2D eigenvalue weighted by atomic mass is 32.2. The zero-order valence-electron chi connectivity index (χ0n) is 23.2. The number of carbonyl (C=O) groups excluding carboxylic acids is 3. The van der Waals surface area contributed by atoms with Gasteiger partial charge in [-0.15, -0.1) is 0 Å². The molecule has 5 rings (SSSR count). The number of carbonyl (C=O) groups is 3. The van der Waals surface area contributed by atoms with Crippen LogP contribution in [0.1, 0.15) is 60.0 Å². The second kappa shape index (κ2) is 12.9. The van der Waals surface area contributed by atoms with Gasteiger partial charge in [-0.25, -0.2) is 17.1 Å². The number of benzene rings is 3. The van der Waals surface area contributed by atoms with E-state index in [9.17, 15) is 27.2 Å². The first-order chi connectivity index (χ1) is 20.2. The van der Waals surface area contributed by atoms with E-state index in [4.69, 9.17) is 0 Å². The van der Waals surface area contributed by atoms with Gasteiger partial charge in [-0.1, -0.05) is 67.4 Å². The Kier molecular flexibility index (Phi) is 9.01. The molecule has 220 valence electrons. The number of hydrogen-bond acceptors (Lipinski definition) is 5. The summed E-state index contributed by atoms with van der Waals surface area (Å²) in [6, 6.07) is 20.5. The van der Waals surface area contributed by atoms with E-state index < -0.39 is 27.8 Å². The highest BCUT2D eigenvalue weighted by Crippen LogP contribution is 2.30. The lowest BCUT2D eigenvalue weighted by Crippen LogP contribution is -2.52. The first-order valence-electron chi connectivity index (χ1n) is 14.3. The van der Waals surface area contributed by atoms with Gasteiger partial charge in [-0.3, -0.25) is 14.4 Å². The molecule has 1 aliphatic carbocycles. The van der Waals surface area contributed by atoms with Crippen molar-refractivity contribution in [3.05, 3.63) is 101 Å². The summed E-state index contributed by atoms with van der Waals surface area (Å²) in [4.78, 5) is 41.9. The molecule has 0 bridgehead atoms. The molecule has 10 heteroatoms. The average Bonchev–Trinajstić information content (AvgIpc) is 3.57. The molecule has 0 unspecified atom stereocenters. The van der Waals surface area contributed by atoms with E-state index in [1.807, 2.05) is 30.3 Å². The third-order valence-electron chi connectivity index (χ3n) is 7.90. The minimum absolute atomic E-state index is 0.0363. The lowest BCUT2D eigenvalue weighted by atomic mass is 10.0. The van der Waals surface area contributed by atoms with Crippen LogP contribution in [0, 0.1) is 5.82 Å². The normalized spacial score (nSPS) is 16.7. The molecule has 1 atom stereocenters. The molecule has 1 heterocycles. The monoisotopic (exact) mass is 591 g/mol. The van der Waals surface area contributed by atoms with Gasteiger partial charge in [0.1, 0.15) is 16.8 Å². The maximum absolute atomic E-state index is 13.8. The van der Waals surface area contributed by atoms with Gasteiger partial charge in [0, 0.05) is 32.0 Å². The molecule has 3 aromatic rings. The molecule has 1 fully saturated rings. The number of rotatable bonds is 11. The maximum atomic E-state index is 13.8. The van der Waals surface area contributed by atoms with Crippen LogP contribution in [0.4, 0.5) is 4.39 Å². The summed E-state index contributed by atoms with van der Waals surface area (Å²) in [5.41, 5.74) is 1.66. The van der Waals surface area contributed by atoms with Crippen LogP contribution in [0.5, 0.6) is 0 Å². The highest BCUT2D eigenvalue weighted by molar-refractivity contribution is 7.90. The Morgan fingerprint density at radius 1 is 0.929 bits per heavy atom. The van der Waals surface area contributed by atoms with Crippen LogP contribution in [0.3, 0.4) is 0 Å². The fourth-order valence-electron chi connectivity index (χ4n) is 5.68. The molecular formula is C32H34FN3O5S. The molecule has 3 amide bonds. The Hall–Kier alpha value is -4.05. The third-order valence-corrected chi connectivity index (χ3v) is 9.74. The van der Waals surface area contributed by atoms with E-state index in [2.05, 4.69) is 5.32 Å². The van der Waals surface area contributed by atoms with Gasteiger partial charge in [-0.05, 0) is 54.7 Å². The largest absolute Gasteiger partial charge is 0.352 e. The molecule has 0 saturated heterocycles. The molecule has 1 aliphatic heterocycles. The van der Waals surface area contributed by atoms with E-state index in [0.29, 0.717) is 5.56 Å². The van der Waals surface area contributed by atoms with Crippen molar-refractivity contribution in [1.82, 2.24) is 14.5 Å². The molecular weight excluding hydrogens is 557 g/mol. The van der Waals surface area contributed by atoms with E-state index in [-0.39, 0.29) is 60.7 Å². The fraction of sp³-hybridized carbons (Fsp3) is 0.344. The van der Waals surface area contributed by atoms with Gasteiger partial charge >= 0.3 is 0 Å². The molecule has 1 saturated carbocycles. The Balaban J connectivity index is 1.37.